The number of nitrogens with zero attached hydrogens (tertiary/aromatic N) is 3. The second-order valence-electron chi connectivity index (χ2n) is 7.81. The molecule has 8 heteroatoms. The Morgan fingerprint density at radius 1 is 1.38 bits per heavy atom. The summed E-state index contributed by atoms with van der Waals surface area (Å²) in [6.45, 7) is 6.01. The van der Waals surface area contributed by atoms with Gasteiger partial charge in [0.25, 0.3) is 0 Å². The van der Waals surface area contributed by atoms with Gasteiger partial charge in [-0.15, -0.1) is 0 Å². The van der Waals surface area contributed by atoms with Crippen LogP contribution in [0, 0.1) is 17.1 Å². The Morgan fingerprint density at radius 2 is 2.14 bits per heavy atom. The Bertz CT molecular complexity index is 968. The fourth-order valence-corrected chi connectivity index (χ4v) is 3.32. The van der Waals surface area contributed by atoms with Crippen LogP contribution in [0.4, 0.5) is 15.0 Å². The van der Waals surface area contributed by atoms with Gasteiger partial charge in [0.2, 0.25) is 0 Å². The largest absolute Gasteiger partial charge is 0.444 e. The highest BCUT2D eigenvalue weighted by Crippen LogP contribution is 2.32. The Morgan fingerprint density at radius 3 is 2.79 bits per heavy atom. The van der Waals surface area contributed by atoms with Crippen LogP contribution < -0.4 is 5.32 Å². The van der Waals surface area contributed by atoms with E-state index in [4.69, 9.17) is 16.3 Å². The maximum atomic E-state index is 13.6. The molecule has 152 valence electrons. The maximum absolute atomic E-state index is 13.6. The van der Waals surface area contributed by atoms with Crippen LogP contribution in [-0.2, 0) is 4.74 Å². The zero-order chi connectivity index (χ0) is 21.2. The Labute approximate surface area is 174 Å². The Balaban J connectivity index is 1.92. The van der Waals surface area contributed by atoms with Crippen LogP contribution >= 0.6 is 11.6 Å². The van der Waals surface area contributed by atoms with E-state index >= 15 is 0 Å². The second-order valence-corrected chi connectivity index (χ2v) is 8.22. The lowest BCUT2D eigenvalue weighted by Crippen LogP contribution is -2.43. The topological polar surface area (TPSA) is 78.2 Å². The molecule has 1 amide bonds. The van der Waals surface area contributed by atoms with Gasteiger partial charge in [-0.05, 0) is 63.4 Å². The average molecular weight is 417 g/mol. The fourth-order valence-electron chi connectivity index (χ4n) is 3.14. The number of hydrogen-bond donors (Lipinski definition) is 1. The van der Waals surface area contributed by atoms with E-state index in [1.807, 2.05) is 26.8 Å². The van der Waals surface area contributed by atoms with Crippen molar-refractivity contribution in [3.63, 3.8) is 0 Å². The van der Waals surface area contributed by atoms with E-state index in [0.717, 1.165) is 6.42 Å². The summed E-state index contributed by atoms with van der Waals surface area (Å²) in [4.78, 5) is 18.5. The molecule has 1 aromatic heterocycles. The number of aromatic nitrogens is 1. The van der Waals surface area contributed by atoms with Crippen LogP contribution in [-0.4, -0.2) is 34.3 Å². The number of amides is 1. The summed E-state index contributed by atoms with van der Waals surface area (Å²) in [5.74, 6) is -0.0920. The molecule has 0 spiro atoms. The van der Waals surface area contributed by atoms with Crippen molar-refractivity contribution in [1.29, 1.82) is 5.26 Å². The minimum absolute atomic E-state index is 0.00550. The van der Waals surface area contributed by atoms with Gasteiger partial charge >= 0.3 is 6.09 Å². The Kier molecular flexibility index (Phi) is 5.94. The highest BCUT2D eigenvalue weighted by molar-refractivity contribution is 6.31. The summed E-state index contributed by atoms with van der Waals surface area (Å²) < 4.78 is 19.1. The van der Waals surface area contributed by atoms with E-state index < -0.39 is 17.5 Å². The number of likely N-dealkylation sites (tertiary alicyclic amines) is 1. The van der Waals surface area contributed by atoms with Crippen molar-refractivity contribution in [1.82, 2.24) is 9.88 Å². The molecule has 3 rings (SSSR count). The first-order valence-electron chi connectivity index (χ1n) is 9.30. The predicted molar refractivity (Wildman–Crippen MR) is 109 cm³/mol. The molecule has 1 atom stereocenters. The zero-order valence-electron chi connectivity index (χ0n) is 16.5. The van der Waals surface area contributed by atoms with Crippen molar-refractivity contribution < 1.29 is 13.9 Å². The maximum Gasteiger partial charge on any atom is 0.411 e. The molecule has 0 unspecified atom stereocenters. The SMILES string of the molecule is CC(C)(C)OC(=O)N1CCC[C@H]1Nc1nc(C#N)ccc1-c1ccc(F)c(Cl)c1. The van der Waals surface area contributed by atoms with E-state index in [0.29, 0.717) is 29.9 Å². The first-order chi connectivity index (χ1) is 13.7. The quantitative estimate of drug-likeness (QED) is 0.745. The van der Waals surface area contributed by atoms with Gasteiger partial charge < -0.3 is 10.1 Å². The van der Waals surface area contributed by atoms with Crippen LogP contribution in [0.15, 0.2) is 30.3 Å². The molecule has 1 saturated heterocycles. The van der Waals surface area contributed by atoms with Crippen LogP contribution in [0.5, 0.6) is 0 Å². The van der Waals surface area contributed by atoms with Gasteiger partial charge in [-0.25, -0.2) is 14.2 Å². The predicted octanol–water partition coefficient (Wildman–Crippen LogP) is 5.18. The van der Waals surface area contributed by atoms with Gasteiger partial charge in [0.15, 0.2) is 0 Å². The average Bonchev–Trinajstić information content (AvgIpc) is 3.11. The van der Waals surface area contributed by atoms with Crippen molar-refractivity contribution in [2.24, 2.45) is 0 Å². The highest BCUT2D eigenvalue weighted by Gasteiger charge is 2.32. The van der Waals surface area contributed by atoms with E-state index in [1.54, 1.807) is 23.1 Å². The van der Waals surface area contributed by atoms with Crippen LogP contribution in [0.25, 0.3) is 11.1 Å². The number of anilines is 1. The number of halogens is 2. The van der Waals surface area contributed by atoms with Gasteiger partial charge in [-0.1, -0.05) is 17.7 Å². The lowest BCUT2D eigenvalue weighted by atomic mass is 10.1. The van der Waals surface area contributed by atoms with Gasteiger partial charge in [0.1, 0.15) is 35.2 Å². The molecule has 0 bridgehead atoms. The van der Waals surface area contributed by atoms with Crippen LogP contribution in [0.1, 0.15) is 39.3 Å². The summed E-state index contributed by atoms with van der Waals surface area (Å²) in [5.41, 5.74) is 0.935. The second kappa shape index (κ2) is 8.26. The summed E-state index contributed by atoms with van der Waals surface area (Å²) >= 11 is 5.93. The smallest absolute Gasteiger partial charge is 0.411 e. The van der Waals surface area contributed by atoms with Gasteiger partial charge in [-0.2, -0.15) is 5.26 Å². The van der Waals surface area contributed by atoms with Crippen molar-refractivity contribution in [3.05, 3.63) is 46.9 Å². The van der Waals surface area contributed by atoms with Gasteiger partial charge in [-0.3, -0.25) is 4.90 Å². The van der Waals surface area contributed by atoms with E-state index in [1.165, 1.54) is 12.1 Å². The van der Waals surface area contributed by atoms with E-state index in [2.05, 4.69) is 10.3 Å². The number of carbonyl (C=O) groups excluding carboxylic acids is 1. The van der Waals surface area contributed by atoms with Crippen LogP contribution in [0.3, 0.4) is 0 Å². The first-order valence-corrected chi connectivity index (χ1v) is 9.68. The number of rotatable bonds is 3. The summed E-state index contributed by atoms with van der Waals surface area (Å²) in [6.07, 6.45) is 0.782. The minimum Gasteiger partial charge on any atom is -0.444 e. The van der Waals surface area contributed by atoms with E-state index in [-0.39, 0.29) is 16.9 Å². The Hall–Kier alpha value is -2.85. The van der Waals surface area contributed by atoms with Crippen molar-refractivity contribution in [2.75, 3.05) is 11.9 Å². The molecule has 0 radical (unpaired) electrons. The monoisotopic (exact) mass is 416 g/mol. The molecular formula is C21H22ClFN4O2. The third kappa shape index (κ3) is 4.96. The summed E-state index contributed by atoms with van der Waals surface area (Å²) in [7, 11) is 0. The normalized spacial score (nSPS) is 16.4. The molecule has 2 aromatic rings. The highest BCUT2D eigenvalue weighted by atomic mass is 35.5. The summed E-state index contributed by atoms with van der Waals surface area (Å²) in [6, 6.07) is 9.70. The first kappa shape index (κ1) is 20.9. The number of hydrogen-bond acceptors (Lipinski definition) is 5. The summed E-state index contributed by atoms with van der Waals surface area (Å²) in [5, 5.41) is 12.5. The molecule has 29 heavy (non-hydrogen) atoms. The van der Waals surface area contributed by atoms with Crippen molar-refractivity contribution in [2.45, 2.75) is 45.4 Å². The number of nitrogens with one attached hydrogen (secondary N) is 1. The molecule has 1 aliphatic rings. The third-order valence-corrected chi connectivity index (χ3v) is 4.71. The molecule has 2 heterocycles. The van der Waals surface area contributed by atoms with Crippen molar-refractivity contribution in [3.8, 4) is 17.2 Å². The van der Waals surface area contributed by atoms with Gasteiger partial charge in [0, 0.05) is 12.1 Å². The molecular weight excluding hydrogens is 395 g/mol. The molecule has 6 nitrogen and oxygen atoms in total. The number of ether oxygens (including phenoxy) is 1. The standard InChI is InChI=1S/C21H22ClFN4O2/c1-21(2,3)29-20(28)27-10-4-5-18(27)26-19-15(8-7-14(12-24)25-19)13-6-9-17(23)16(22)11-13/h6-9,11,18H,4-5,10H2,1-3H3,(H,25,26)/t18-/m0/s1. The number of nitriles is 1. The zero-order valence-corrected chi connectivity index (χ0v) is 17.3. The van der Waals surface area contributed by atoms with Crippen molar-refractivity contribution >= 4 is 23.5 Å². The minimum atomic E-state index is -0.598. The van der Waals surface area contributed by atoms with Crippen LogP contribution in [0.2, 0.25) is 5.02 Å². The number of carbonyl (C=O) groups is 1. The third-order valence-electron chi connectivity index (χ3n) is 4.42. The molecule has 0 aliphatic carbocycles. The molecule has 1 aromatic carbocycles. The van der Waals surface area contributed by atoms with E-state index in [9.17, 15) is 14.4 Å². The molecule has 0 saturated carbocycles. The fraction of sp³-hybridized carbons (Fsp3) is 0.381. The number of pyridine rings is 1. The molecule has 1 fully saturated rings. The number of benzene rings is 1. The van der Waals surface area contributed by atoms with Gasteiger partial charge in [0.05, 0.1) is 5.02 Å². The molecule has 1 N–H and O–H groups in total. The lowest BCUT2D eigenvalue weighted by Gasteiger charge is -2.29. The molecule has 1 aliphatic heterocycles. The lowest BCUT2D eigenvalue weighted by molar-refractivity contribution is 0.0244.